The Morgan fingerprint density at radius 3 is 3.06 bits per heavy atom. The Bertz CT molecular complexity index is 388. The van der Waals surface area contributed by atoms with Gasteiger partial charge in [0.1, 0.15) is 16.7 Å². The van der Waals surface area contributed by atoms with E-state index in [0.717, 1.165) is 29.7 Å². The fourth-order valence-electron chi connectivity index (χ4n) is 2.63. The molecule has 0 saturated heterocycles. The lowest BCUT2D eigenvalue weighted by atomic mass is 9.77. The van der Waals surface area contributed by atoms with E-state index in [1.54, 1.807) is 0 Å². The summed E-state index contributed by atoms with van der Waals surface area (Å²) in [6.07, 6.45) is 5.90. The molecule has 2 unspecified atom stereocenters. The van der Waals surface area contributed by atoms with Crippen molar-refractivity contribution in [2.24, 2.45) is 5.92 Å². The first-order valence-corrected chi connectivity index (χ1v) is 6.79. The van der Waals surface area contributed by atoms with Crippen molar-refractivity contribution in [3.8, 4) is 0 Å². The SMILES string of the molecule is CC1CCCC(CO)(Nc2cc(Br)ncn2)C1. The van der Waals surface area contributed by atoms with E-state index in [0.29, 0.717) is 5.92 Å². The Labute approximate surface area is 110 Å². The van der Waals surface area contributed by atoms with Crippen molar-refractivity contribution in [1.29, 1.82) is 0 Å². The summed E-state index contributed by atoms with van der Waals surface area (Å²) in [5.41, 5.74) is -0.217. The molecule has 1 aliphatic carbocycles. The van der Waals surface area contributed by atoms with Crippen LogP contribution in [0.1, 0.15) is 32.6 Å². The summed E-state index contributed by atoms with van der Waals surface area (Å²) >= 11 is 3.32. The Balaban J connectivity index is 2.13. The van der Waals surface area contributed by atoms with Crippen molar-refractivity contribution in [3.05, 3.63) is 17.0 Å². The maximum atomic E-state index is 9.67. The molecule has 2 N–H and O–H groups in total. The predicted molar refractivity (Wildman–Crippen MR) is 70.8 cm³/mol. The number of nitrogens with zero attached hydrogens (tertiary/aromatic N) is 2. The highest BCUT2D eigenvalue weighted by Gasteiger charge is 2.34. The van der Waals surface area contributed by atoms with Gasteiger partial charge < -0.3 is 10.4 Å². The average molecular weight is 300 g/mol. The number of rotatable bonds is 3. The molecule has 1 saturated carbocycles. The van der Waals surface area contributed by atoms with Gasteiger partial charge in [0.05, 0.1) is 12.1 Å². The molecule has 0 amide bonds. The molecule has 17 heavy (non-hydrogen) atoms. The summed E-state index contributed by atoms with van der Waals surface area (Å²) in [6.45, 7) is 2.39. The molecule has 1 aliphatic rings. The minimum Gasteiger partial charge on any atom is -0.394 e. The van der Waals surface area contributed by atoms with Crippen molar-refractivity contribution in [3.63, 3.8) is 0 Å². The summed E-state index contributed by atoms with van der Waals surface area (Å²) in [5, 5.41) is 13.1. The monoisotopic (exact) mass is 299 g/mol. The second kappa shape index (κ2) is 5.31. The molecule has 1 aromatic heterocycles. The van der Waals surface area contributed by atoms with Crippen LogP contribution < -0.4 is 5.32 Å². The van der Waals surface area contributed by atoms with Crippen LogP contribution in [-0.4, -0.2) is 27.2 Å². The Kier molecular flexibility index (Phi) is 3.99. The molecule has 5 heteroatoms. The minimum atomic E-state index is -0.217. The summed E-state index contributed by atoms with van der Waals surface area (Å²) in [6, 6.07) is 1.84. The fourth-order valence-corrected chi connectivity index (χ4v) is 2.94. The van der Waals surface area contributed by atoms with E-state index < -0.39 is 0 Å². The number of hydrogen-bond acceptors (Lipinski definition) is 4. The van der Waals surface area contributed by atoms with Gasteiger partial charge in [-0.2, -0.15) is 0 Å². The van der Waals surface area contributed by atoms with Gasteiger partial charge >= 0.3 is 0 Å². The van der Waals surface area contributed by atoms with Crippen LogP contribution in [0.3, 0.4) is 0 Å². The van der Waals surface area contributed by atoms with E-state index in [-0.39, 0.29) is 12.1 Å². The van der Waals surface area contributed by atoms with Crippen LogP contribution in [-0.2, 0) is 0 Å². The lowest BCUT2D eigenvalue weighted by Gasteiger charge is -2.39. The molecular weight excluding hydrogens is 282 g/mol. The van der Waals surface area contributed by atoms with Crippen molar-refractivity contribution in [2.75, 3.05) is 11.9 Å². The van der Waals surface area contributed by atoms with Gasteiger partial charge in [0.15, 0.2) is 0 Å². The van der Waals surface area contributed by atoms with E-state index in [1.807, 2.05) is 6.07 Å². The van der Waals surface area contributed by atoms with Crippen molar-refractivity contribution in [2.45, 2.75) is 38.1 Å². The maximum absolute atomic E-state index is 9.67. The van der Waals surface area contributed by atoms with E-state index in [9.17, 15) is 5.11 Å². The number of aromatic nitrogens is 2. The summed E-state index contributed by atoms with van der Waals surface area (Å²) in [5.74, 6) is 1.42. The van der Waals surface area contributed by atoms with Gasteiger partial charge in [0.25, 0.3) is 0 Å². The third-order valence-corrected chi connectivity index (χ3v) is 3.85. The number of hydrogen-bond donors (Lipinski definition) is 2. The molecule has 1 heterocycles. The number of aliphatic hydroxyl groups is 1. The lowest BCUT2D eigenvalue weighted by Crippen LogP contribution is -2.46. The zero-order chi connectivity index (χ0) is 12.3. The third kappa shape index (κ3) is 3.16. The quantitative estimate of drug-likeness (QED) is 0.842. The van der Waals surface area contributed by atoms with Gasteiger partial charge in [-0.3, -0.25) is 0 Å². The van der Waals surface area contributed by atoms with Gasteiger partial charge in [-0.1, -0.05) is 19.8 Å². The summed E-state index contributed by atoms with van der Waals surface area (Å²) < 4.78 is 0.756. The highest BCUT2D eigenvalue weighted by atomic mass is 79.9. The molecular formula is C12H18BrN3O. The van der Waals surface area contributed by atoms with Gasteiger partial charge in [-0.15, -0.1) is 0 Å². The normalized spacial score (nSPS) is 29.0. The van der Waals surface area contributed by atoms with Crippen LogP contribution in [0.25, 0.3) is 0 Å². The van der Waals surface area contributed by atoms with Crippen LogP contribution in [0.5, 0.6) is 0 Å². The van der Waals surface area contributed by atoms with Crippen LogP contribution in [0.4, 0.5) is 5.82 Å². The number of aliphatic hydroxyl groups excluding tert-OH is 1. The number of nitrogens with one attached hydrogen (secondary N) is 1. The predicted octanol–water partition coefficient (Wildman–Crippen LogP) is 2.59. The van der Waals surface area contributed by atoms with Crippen molar-refractivity contribution in [1.82, 2.24) is 9.97 Å². The molecule has 1 fully saturated rings. The zero-order valence-electron chi connectivity index (χ0n) is 9.99. The molecule has 0 aromatic carbocycles. The largest absolute Gasteiger partial charge is 0.394 e. The highest BCUT2D eigenvalue weighted by Crippen LogP contribution is 2.34. The van der Waals surface area contributed by atoms with Crippen molar-refractivity contribution >= 4 is 21.7 Å². The number of anilines is 1. The van der Waals surface area contributed by atoms with Gasteiger partial charge in [0.2, 0.25) is 0 Å². The molecule has 0 radical (unpaired) electrons. The zero-order valence-corrected chi connectivity index (χ0v) is 11.6. The lowest BCUT2D eigenvalue weighted by molar-refractivity contribution is 0.149. The Morgan fingerprint density at radius 1 is 1.59 bits per heavy atom. The molecule has 4 nitrogen and oxygen atoms in total. The summed E-state index contributed by atoms with van der Waals surface area (Å²) in [7, 11) is 0. The van der Waals surface area contributed by atoms with Crippen LogP contribution in [0, 0.1) is 5.92 Å². The Hall–Kier alpha value is -0.680. The van der Waals surface area contributed by atoms with Crippen LogP contribution >= 0.6 is 15.9 Å². The molecule has 1 aromatic rings. The smallest absolute Gasteiger partial charge is 0.130 e. The third-order valence-electron chi connectivity index (χ3n) is 3.42. The number of halogens is 1. The highest BCUT2D eigenvalue weighted by molar-refractivity contribution is 9.10. The maximum Gasteiger partial charge on any atom is 0.130 e. The van der Waals surface area contributed by atoms with E-state index in [4.69, 9.17) is 0 Å². The van der Waals surface area contributed by atoms with E-state index >= 15 is 0 Å². The molecule has 2 atom stereocenters. The second-order valence-electron chi connectivity index (χ2n) is 4.99. The summed E-state index contributed by atoms with van der Waals surface area (Å²) in [4.78, 5) is 8.19. The molecule has 0 spiro atoms. The van der Waals surface area contributed by atoms with Gasteiger partial charge in [0, 0.05) is 6.07 Å². The van der Waals surface area contributed by atoms with Gasteiger partial charge in [-0.05, 0) is 34.7 Å². The van der Waals surface area contributed by atoms with E-state index in [1.165, 1.54) is 12.7 Å². The van der Waals surface area contributed by atoms with Gasteiger partial charge in [-0.25, -0.2) is 9.97 Å². The topological polar surface area (TPSA) is 58.0 Å². The first kappa shape index (κ1) is 12.8. The molecule has 0 aliphatic heterocycles. The average Bonchev–Trinajstić information content (AvgIpc) is 2.29. The molecule has 94 valence electrons. The Morgan fingerprint density at radius 2 is 2.41 bits per heavy atom. The minimum absolute atomic E-state index is 0.152. The standard InChI is InChI=1S/C12H18BrN3O/c1-9-3-2-4-12(6-9,7-17)16-11-5-10(13)14-8-15-11/h5,8-9,17H,2-4,6-7H2,1H3,(H,14,15,16). The second-order valence-corrected chi connectivity index (χ2v) is 5.80. The molecule has 2 rings (SSSR count). The van der Waals surface area contributed by atoms with Crippen molar-refractivity contribution < 1.29 is 5.11 Å². The van der Waals surface area contributed by atoms with Crippen LogP contribution in [0.15, 0.2) is 17.0 Å². The molecule has 0 bridgehead atoms. The van der Waals surface area contributed by atoms with Crippen LogP contribution in [0.2, 0.25) is 0 Å². The first-order valence-electron chi connectivity index (χ1n) is 6.00. The first-order chi connectivity index (χ1) is 8.13. The fraction of sp³-hybridized carbons (Fsp3) is 0.667. The van der Waals surface area contributed by atoms with E-state index in [2.05, 4.69) is 38.1 Å².